The summed E-state index contributed by atoms with van der Waals surface area (Å²) in [5.74, 6) is -1.22. The maximum atomic E-state index is 12.3. The molecule has 2 amide bonds. The third-order valence-electron chi connectivity index (χ3n) is 5.59. The Morgan fingerprint density at radius 2 is 1.61 bits per heavy atom. The maximum absolute atomic E-state index is 12.3. The molecule has 3 rings (SSSR count). The summed E-state index contributed by atoms with van der Waals surface area (Å²) < 4.78 is 5.51. The van der Waals surface area contributed by atoms with E-state index in [9.17, 15) is 14.4 Å². The van der Waals surface area contributed by atoms with Crippen molar-refractivity contribution in [2.45, 2.75) is 32.1 Å². The van der Waals surface area contributed by atoms with E-state index in [0.717, 1.165) is 11.1 Å². The molecule has 2 aromatic rings. The molecule has 2 aromatic carbocycles. The number of nitrogens with one attached hydrogen (secondary N) is 2. The smallest absolute Gasteiger partial charge is 0.407 e. The van der Waals surface area contributed by atoms with Crippen molar-refractivity contribution in [3.63, 3.8) is 0 Å². The highest BCUT2D eigenvalue weighted by Crippen LogP contribution is 2.44. The number of aliphatic carboxylic acids is 1. The highest BCUT2D eigenvalue weighted by Gasteiger charge is 2.29. The number of carboxylic acid groups (broad SMARTS) is 1. The first-order valence-electron chi connectivity index (χ1n) is 10.6. The van der Waals surface area contributed by atoms with Crippen molar-refractivity contribution in [3.05, 3.63) is 59.7 Å². The van der Waals surface area contributed by atoms with Gasteiger partial charge in [-0.25, -0.2) is 4.79 Å². The van der Waals surface area contributed by atoms with Gasteiger partial charge in [0.2, 0.25) is 5.91 Å². The molecule has 0 heterocycles. The number of ether oxygens (including phenoxy) is 1. The van der Waals surface area contributed by atoms with Crippen LogP contribution in [0.5, 0.6) is 0 Å². The average molecular weight is 424 g/mol. The number of hydrogen-bond acceptors (Lipinski definition) is 4. The van der Waals surface area contributed by atoms with Gasteiger partial charge in [-0.2, -0.15) is 0 Å². The van der Waals surface area contributed by atoms with E-state index >= 15 is 0 Å². The lowest BCUT2D eigenvalue weighted by atomic mass is 9.98. The number of alkyl carbamates (subject to hydrolysis) is 1. The first-order chi connectivity index (χ1) is 15.0. The second-order valence-electron chi connectivity index (χ2n) is 7.68. The Morgan fingerprint density at radius 3 is 2.19 bits per heavy atom. The Kier molecular flexibility index (Phi) is 7.65. The Balaban J connectivity index is 1.48. The van der Waals surface area contributed by atoms with E-state index in [1.807, 2.05) is 31.2 Å². The number of fused-ring (bicyclic) bond motifs is 3. The fourth-order valence-electron chi connectivity index (χ4n) is 3.88. The van der Waals surface area contributed by atoms with Crippen LogP contribution >= 0.6 is 0 Å². The van der Waals surface area contributed by atoms with Crippen LogP contribution in [0.4, 0.5) is 4.79 Å². The van der Waals surface area contributed by atoms with Gasteiger partial charge >= 0.3 is 12.1 Å². The van der Waals surface area contributed by atoms with Gasteiger partial charge in [0.1, 0.15) is 6.61 Å². The molecule has 1 aliphatic rings. The van der Waals surface area contributed by atoms with Crippen LogP contribution in [0.3, 0.4) is 0 Å². The minimum Gasteiger partial charge on any atom is -0.481 e. The number of carboxylic acids is 1. The molecule has 0 saturated heterocycles. The molecule has 0 fully saturated rings. The van der Waals surface area contributed by atoms with E-state index < -0.39 is 12.1 Å². The predicted molar refractivity (Wildman–Crippen MR) is 117 cm³/mol. The lowest BCUT2D eigenvalue weighted by Gasteiger charge is -2.17. The quantitative estimate of drug-likeness (QED) is 0.541. The summed E-state index contributed by atoms with van der Waals surface area (Å²) >= 11 is 0. The Labute approximate surface area is 181 Å². The van der Waals surface area contributed by atoms with Crippen molar-refractivity contribution in [2.24, 2.45) is 5.92 Å². The van der Waals surface area contributed by atoms with Gasteiger partial charge in [-0.1, -0.05) is 61.9 Å². The summed E-state index contributed by atoms with van der Waals surface area (Å²) in [6, 6.07) is 16.3. The van der Waals surface area contributed by atoms with Crippen LogP contribution in [0.2, 0.25) is 0 Å². The number of amides is 2. The van der Waals surface area contributed by atoms with Gasteiger partial charge in [-0.05, 0) is 28.2 Å². The van der Waals surface area contributed by atoms with Crippen LogP contribution in [0.1, 0.15) is 43.2 Å². The molecule has 0 aromatic heterocycles. The lowest BCUT2D eigenvalue weighted by molar-refractivity contribution is -0.136. The van der Waals surface area contributed by atoms with Gasteiger partial charge in [-0.15, -0.1) is 0 Å². The molecule has 0 saturated carbocycles. The molecular weight excluding hydrogens is 396 g/mol. The molecule has 7 nitrogen and oxygen atoms in total. The fourth-order valence-corrected chi connectivity index (χ4v) is 3.88. The molecule has 7 heteroatoms. The zero-order valence-electron chi connectivity index (χ0n) is 17.6. The molecule has 0 radical (unpaired) electrons. The molecule has 0 bridgehead atoms. The first-order valence-corrected chi connectivity index (χ1v) is 10.6. The van der Waals surface area contributed by atoms with Gasteiger partial charge in [0, 0.05) is 25.4 Å². The topological polar surface area (TPSA) is 105 Å². The van der Waals surface area contributed by atoms with E-state index in [-0.39, 0.29) is 43.7 Å². The monoisotopic (exact) mass is 424 g/mol. The van der Waals surface area contributed by atoms with Crippen LogP contribution in [-0.4, -0.2) is 42.8 Å². The fraction of sp³-hybridized carbons (Fsp3) is 0.375. The van der Waals surface area contributed by atoms with Crippen LogP contribution in [0.15, 0.2) is 48.5 Å². The van der Waals surface area contributed by atoms with Crippen molar-refractivity contribution in [2.75, 3.05) is 19.7 Å². The highest BCUT2D eigenvalue weighted by molar-refractivity contribution is 5.79. The average Bonchev–Trinajstić information content (AvgIpc) is 3.08. The van der Waals surface area contributed by atoms with Crippen molar-refractivity contribution in [1.29, 1.82) is 0 Å². The second-order valence-corrected chi connectivity index (χ2v) is 7.68. The molecular formula is C24H28N2O5. The Bertz CT molecular complexity index is 898. The largest absolute Gasteiger partial charge is 0.481 e. The summed E-state index contributed by atoms with van der Waals surface area (Å²) in [6.07, 6.45) is 0.308. The van der Waals surface area contributed by atoms with Crippen molar-refractivity contribution >= 4 is 18.0 Å². The summed E-state index contributed by atoms with van der Waals surface area (Å²) in [6.45, 7) is 2.60. The van der Waals surface area contributed by atoms with Crippen molar-refractivity contribution in [1.82, 2.24) is 10.6 Å². The van der Waals surface area contributed by atoms with Crippen molar-refractivity contribution in [3.8, 4) is 11.1 Å². The van der Waals surface area contributed by atoms with Gasteiger partial charge in [-0.3, -0.25) is 9.59 Å². The van der Waals surface area contributed by atoms with Crippen LogP contribution in [-0.2, 0) is 14.3 Å². The zero-order valence-corrected chi connectivity index (χ0v) is 17.6. The lowest BCUT2D eigenvalue weighted by Crippen LogP contribution is -2.34. The number of benzene rings is 2. The summed E-state index contributed by atoms with van der Waals surface area (Å²) in [5, 5.41) is 14.0. The predicted octanol–water partition coefficient (Wildman–Crippen LogP) is 3.53. The van der Waals surface area contributed by atoms with Crippen LogP contribution in [0, 0.1) is 5.92 Å². The maximum Gasteiger partial charge on any atom is 0.407 e. The molecule has 1 unspecified atom stereocenters. The normalized spacial score (nSPS) is 13.1. The van der Waals surface area contributed by atoms with E-state index in [1.54, 1.807) is 0 Å². The molecule has 1 atom stereocenters. The molecule has 164 valence electrons. The minimum atomic E-state index is -0.954. The van der Waals surface area contributed by atoms with Gasteiger partial charge < -0.3 is 20.5 Å². The number of hydrogen-bond donors (Lipinski definition) is 3. The highest BCUT2D eigenvalue weighted by atomic mass is 16.5. The summed E-state index contributed by atoms with van der Waals surface area (Å²) in [7, 11) is 0. The number of carbonyl (C=O) groups excluding carboxylic acids is 2. The first kappa shape index (κ1) is 22.3. The SMILES string of the molecule is CCC(CNC(=O)OCC1c2ccccc2-c2ccccc21)CC(=O)NCCC(=O)O. The standard InChI is InChI=1S/C24H28N2O5/c1-2-16(13-22(27)25-12-11-23(28)29)14-26-24(30)31-15-21-19-9-5-3-7-17(19)18-8-4-6-10-20(18)21/h3-10,16,21H,2,11-15H2,1H3,(H,25,27)(H,26,30)(H,28,29). The number of rotatable bonds is 10. The second kappa shape index (κ2) is 10.6. The van der Waals surface area contributed by atoms with Crippen molar-refractivity contribution < 1.29 is 24.2 Å². The van der Waals surface area contributed by atoms with E-state index in [1.165, 1.54) is 11.1 Å². The Hall–Kier alpha value is -3.35. The van der Waals surface area contributed by atoms with E-state index in [4.69, 9.17) is 9.84 Å². The van der Waals surface area contributed by atoms with Gasteiger partial charge in [0.15, 0.2) is 0 Å². The van der Waals surface area contributed by atoms with Crippen LogP contribution < -0.4 is 10.6 Å². The molecule has 1 aliphatic carbocycles. The molecule has 31 heavy (non-hydrogen) atoms. The minimum absolute atomic E-state index is 0.000125. The third kappa shape index (κ3) is 5.84. The Morgan fingerprint density at radius 1 is 1.00 bits per heavy atom. The van der Waals surface area contributed by atoms with E-state index in [0.29, 0.717) is 13.0 Å². The zero-order chi connectivity index (χ0) is 22.2. The molecule has 3 N–H and O–H groups in total. The van der Waals surface area contributed by atoms with Gasteiger partial charge in [0.05, 0.1) is 6.42 Å². The summed E-state index contributed by atoms with van der Waals surface area (Å²) in [4.78, 5) is 34.7. The summed E-state index contributed by atoms with van der Waals surface area (Å²) in [5.41, 5.74) is 4.65. The molecule has 0 aliphatic heterocycles. The van der Waals surface area contributed by atoms with E-state index in [2.05, 4.69) is 34.9 Å². The number of carbonyl (C=O) groups is 3. The molecule has 0 spiro atoms. The van der Waals surface area contributed by atoms with Crippen LogP contribution in [0.25, 0.3) is 11.1 Å². The van der Waals surface area contributed by atoms with Gasteiger partial charge in [0.25, 0.3) is 0 Å². The third-order valence-corrected chi connectivity index (χ3v) is 5.59.